The maximum absolute atomic E-state index is 12.1. The van der Waals surface area contributed by atoms with Crippen molar-refractivity contribution in [1.29, 1.82) is 0 Å². The van der Waals surface area contributed by atoms with E-state index in [-0.39, 0.29) is 24.8 Å². The molecule has 0 spiro atoms. The molecule has 0 aliphatic rings. The van der Waals surface area contributed by atoms with Crippen molar-refractivity contribution < 1.29 is 14.7 Å². The first-order valence-corrected chi connectivity index (χ1v) is 10.9. The van der Waals surface area contributed by atoms with Crippen LogP contribution in [0.2, 0.25) is 0 Å². The minimum Gasteiger partial charge on any atom is -0.387 e. The van der Waals surface area contributed by atoms with Crippen molar-refractivity contribution in [3.05, 3.63) is 76.8 Å². The van der Waals surface area contributed by atoms with Crippen LogP contribution in [0, 0.1) is 0 Å². The Morgan fingerprint density at radius 3 is 2.48 bits per heavy atom. The van der Waals surface area contributed by atoms with Crippen molar-refractivity contribution in [2.24, 2.45) is 0 Å². The molecule has 162 valence electrons. The average Bonchev–Trinajstić information content (AvgIpc) is 3.16. The van der Waals surface area contributed by atoms with E-state index in [1.165, 1.54) is 18.3 Å². The maximum atomic E-state index is 12.1. The van der Waals surface area contributed by atoms with E-state index in [0.29, 0.717) is 29.5 Å². The van der Waals surface area contributed by atoms with Crippen molar-refractivity contribution in [1.82, 2.24) is 9.88 Å². The van der Waals surface area contributed by atoms with Gasteiger partial charge in [-0.15, -0.1) is 11.3 Å². The smallest absolute Gasteiger partial charge is 0.230 e. The van der Waals surface area contributed by atoms with Crippen LogP contribution in [-0.2, 0) is 22.4 Å². The lowest BCUT2D eigenvalue weighted by atomic mass is 10.1. The molecule has 0 aliphatic heterocycles. The van der Waals surface area contributed by atoms with Crippen LogP contribution in [0.3, 0.4) is 0 Å². The molecule has 0 bridgehead atoms. The molecule has 1 atom stereocenters. The molecular weight excluding hydrogens is 412 g/mol. The SMILES string of the molecule is CC(=O)N(CCc1ccc(NC(=O)Cc2csc(N)n2)cc1)CC(O)c1ccccc1. The monoisotopic (exact) mass is 438 g/mol. The molecule has 3 aromatic rings. The summed E-state index contributed by atoms with van der Waals surface area (Å²) in [6.07, 6.45) is 0.0935. The van der Waals surface area contributed by atoms with Crippen molar-refractivity contribution in [3.63, 3.8) is 0 Å². The number of aromatic nitrogens is 1. The number of benzene rings is 2. The normalized spacial score (nSPS) is 11.7. The molecule has 4 N–H and O–H groups in total. The van der Waals surface area contributed by atoms with Crippen LogP contribution in [0.5, 0.6) is 0 Å². The number of rotatable bonds is 9. The highest BCUT2D eigenvalue weighted by atomic mass is 32.1. The van der Waals surface area contributed by atoms with Crippen molar-refractivity contribution in [2.75, 3.05) is 24.1 Å². The number of thiazole rings is 1. The average molecular weight is 439 g/mol. The summed E-state index contributed by atoms with van der Waals surface area (Å²) in [5, 5.41) is 15.5. The van der Waals surface area contributed by atoms with Crippen LogP contribution >= 0.6 is 11.3 Å². The Morgan fingerprint density at radius 2 is 1.87 bits per heavy atom. The van der Waals surface area contributed by atoms with Gasteiger partial charge in [-0.05, 0) is 29.7 Å². The van der Waals surface area contributed by atoms with E-state index in [4.69, 9.17) is 5.73 Å². The van der Waals surface area contributed by atoms with Gasteiger partial charge in [0.1, 0.15) is 0 Å². The second-order valence-electron chi connectivity index (χ2n) is 7.24. The summed E-state index contributed by atoms with van der Waals surface area (Å²) < 4.78 is 0. The quantitative estimate of drug-likeness (QED) is 0.476. The van der Waals surface area contributed by atoms with Crippen LogP contribution in [0.1, 0.15) is 29.8 Å². The summed E-state index contributed by atoms with van der Waals surface area (Å²) >= 11 is 1.31. The zero-order chi connectivity index (χ0) is 22.2. The number of hydrogen-bond acceptors (Lipinski definition) is 6. The van der Waals surface area contributed by atoms with Crippen LogP contribution < -0.4 is 11.1 Å². The maximum Gasteiger partial charge on any atom is 0.230 e. The van der Waals surface area contributed by atoms with Crippen molar-refractivity contribution in [2.45, 2.75) is 25.9 Å². The highest BCUT2D eigenvalue weighted by molar-refractivity contribution is 7.13. The number of carbonyl (C=O) groups is 2. The second-order valence-corrected chi connectivity index (χ2v) is 8.13. The summed E-state index contributed by atoms with van der Waals surface area (Å²) in [6, 6.07) is 16.8. The fraction of sp³-hybridized carbons (Fsp3) is 0.261. The van der Waals surface area contributed by atoms with Gasteiger partial charge in [-0.1, -0.05) is 42.5 Å². The third kappa shape index (κ3) is 6.91. The number of carbonyl (C=O) groups excluding carboxylic acids is 2. The van der Waals surface area contributed by atoms with E-state index in [0.717, 1.165) is 11.1 Å². The molecule has 1 unspecified atom stereocenters. The van der Waals surface area contributed by atoms with E-state index in [9.17, 15) is 14.7 Å². The van der Waals surface area contributed by atoms with Gasteiger partial charge in [0.15, 0.2) is 5.13 Å². The first kappa shape index (κ1) is 22.5. The Labute approximate surface area is 185 Å². The summed E-state index contributed by atoms with van der Waals surface area (Å²) in [7, 11) is 0. The van der Waals surface area contributed by atoms with Gasteiger partial charge in [0.25, 0.3) is 0 Å². The molecule has 2 amide bonds. The Kier molecular flexibility index (Phi) is 7.75. The molecule has 0 radical (unpaired) electrons. The number of nitrogens with one attached hydrogen (secondary N) is 1. The second kappa shape index (κ2) is 10.7. The van der Waals surface area contributed by atoms with Gasteiger partial charge < -0.3 is 21.1 Å². The van der Waals surface area contributed by atoms with Crippen LogP contribution in [0.4, 0.5) is 10.8 Å². The molecule has 0 fully saturated rings. The summed E-state index contributed by atoms with van der Waals surface area (Å²) in [5.74, 6) is -0.239. The summed E-state index contributed by atoms with van der Waals surface area (Å²) in [5.41, 5.74) is 8.75. The Morgan fingerprint density at radius 1 is 1.16 bits per heavy atom. The summed E-state index contributed by atoms with van der Waals surface area (Å²) in [4.78, 5) is 29.9. The number of nitrogens with two attached hydrogens (primary N) is 1. The molecule has 8 heteroatoms. The molecule has 3 rings (SSSR count). The van der Waals surface area contributed by atoms with E-state index in [1.54, 1.807) is 10.3 Å². The Hall–Kier alpha value is -3.23. The molecule has 1 heterocycles. The third-order valence-electron chi connectivity index (χ3n) is 4.84. The van der Waals surface area contributed by atoms with E-state index in [2.05, 4.69) is 10.3 Å². The number of amides is 2. The molecule has 2 aromatic carbocycles. The number of anilines is 2. The van der Waals surface area contributed by atoms with Gasteiger partial charge in [0.05, 0.1) is 24.8 Å². The lowest BCUT2D eigenvalue weighted by Gasteiger charge is -2.24. The lowest BCUT2D eigenvalue weighted by molar-refractivity contribution is -0.130. The largest absolute Gasteiger partial charge is 0.387 e. The molecule has 0 saturated carbocycles. The number of hydrogen-bond donors (Lipinski definition) is 3. The first-order chi connectivity index (χ1) is 14.9. The molecule has 0 saturated heterocycles. The fourth-order valence-electron chi connectivity index (χ4n) is 3.16. The van der Waals surface area contributed by atoms with Gasteiger partial charge in [-0.25, -0.2) is 4.98 Å². The van der Waals surface area contributed by atoms with Gasteiger partial charge >= 0.3 is 0 Å². The van der Waals surface area contributed by atoms with Gasteiger partial charge in [-0.3, -0.25) is 9.59 Å². The van der Waals surface area contributed by atoms with Gasteiger partial charge in [0, 0.05) is 24.5 Å². The van der Waals surface area contributed by atoms with E-state index in [1.807, 2.05) is 54.6 Å². The van der Waals surface area contributed by atoms with E-state index >= 15 is 0 Å². The minimum atomic E-state index is -0.726. The molecular formula is C23H26N4O3S. The number of aliphatic hydroxyl groups excluding tert-OH is 1. The molecule has 1 aromatic heterocycles. The predicted molar refractivity (Wildman–Crippen MR) is 123 cm³/mol. The standard InChI is InChI=1S/C23H26N4O3S/c1-16(28)27(14-21(29)18-5-3-2-4-6-18)12-11-17-7-9-19(10-8-17)25-22(30)13-20-15-31-23(24)26-20/h2-10,15,21,29H,11-14H2,1H3,(H2,24,26)(H,25,30). The number of nitrogens with zero attached hydrogens (tertiary/aromatic N) is 2. The molecule has 31 heavy (non-hydrogen) atoms. The summed E-state index contributed by atoms with van der Waals surface area (Å²) in [6.45, 7) is 2.25. The van der Waals surface area contributed by atoms with Crippen molar-refractivity contribution in [3.8, 4) is 0 Å². The van der Waals surface area contributed by atoms with Crippen LogP contribution in [-0.4, -0.2) is 39.9 Å². The van der Waals surface area contributed by atoms with Gasteiger partial charge in [0.2, 0.25) is 11.8 Å². The zero-order valence-electron chi connectivity index (χ0n) is 17.3. The number of aliphatic hydroxyl groups is 1. The zero-order valence-corrected chi connectivity index (χ0v) is 18.1. The Bertz CT molecular complexity index is 1010. The Balaban J connectivity index is 1.50. The lowest BCUT2D eigenvalue weighted by Crippen LogP contribution is -2.34. The molecule has 7 nitrogen and oxygen atoms in total. The third-order valence-corrected chi connectivity index (χ3v) is 5.56. The fourth-order valence-corrected chi connectivity index (χ4v) is 3.72. The van der Waals surface area contributed by atoms with E-state index < -0.39 is 6.10 Å². The first-order valence-electron chi connectivity index (χ1n) is 9.98. The highest BCUT2D eigenvalue weighted by Gasteiger charge is 2.16. The number of nitrogen functional groups attached to an aromatic ring is 1. The highest BCUT2D eigenvalue weighted by Crippen LogP contribution is 2.16. The van der Waals surface area contributed by atoms with Crippen LogP contribution in [0.15, 0.2) is 60.0 Å². The predicted octanol–water partition coefficient (Wildman–Crippen LogP) is 3.03. The van der Waals surface area contributed by atoms with Crippen molar-refractivity contribution >= 4 is 34.0 Å². The van der Waals surface area contributed by atoms with Gasteiger partial charge in [-0.2, -0.15) is 0 Å². The molecule has 0 aliphatic carbocycles. The topological polar surface area (TPSA) is 109 Å². The minimum absolute atomic E-state index is 0.0819. The van der Waals surface area contributed by atoms with Crippen LogP contribution in [0.25, 0.3) is 0 Å².